The summed E-state index contributed by atoms with van der Waals surface area (Å²) in [5, 5.41) is 3.50. The maximum Gasteiger partial charge on any atom is 0.318 e. The lowest BCUT2D eigenvalue weighted by atomic mass is 9.77. The molecule has 5 rings (SSSR count). The topological polar surface area (TPSA) is 35.6 Å². The maximum atomic E-state index is 13.2. The average molecular weight is 404 g/mol. The van der Waals surface area contributed by atoms with Gasteiger partial charge in [-0.25, -0.2) is 4.79 Å². The quantitative estimate of drug-likeness (QED) is 0.781. The minimum absolute atomic E-state index is 0.146. The van der Waals surface area contributed by atoms with E-state index in [1.165, 1.54) is 36.8 Å². The maximum absolute atomic E-state index is 13.2. The molecule has 1 unspecified atom stereocenters. The molecule has 1 N–H and O–H groups in total. The lowest BCUT2D eigenvalue weighted by Gasteiger charge is -2.38. The molecule has 158 valence electrons. The smallest absolute Gasteiger partial charge is 0.318 e. The van der Waals surface area contributed by atoms with Gasteiger partial charge < -0.3 is 10.2 Å². The highest BCUT2D eigenvalue weighted by Gasteiger charge is 2.51. The van der Waals surface area contributed by atoms with Crippen LogP contribution in [0.25, 0.3) is 0 Å². The normalized spacial score (nSPS) is 26.3. The zero-order valence-electron chi connectivity index (χ0n) is 17.8. The van der Waals surface area contributed by atoms with Crippen LogP contribution >= 0.6 is 0 Å². The summed E-state index contributed by atoms with van der Waals surface area (Å²) in [4.78, 5) is 17.9. The Balaban J connectivity index is 1.28. The van der Waals surface area contributed by atoms with E-state index in [4.69, 9.17) is 0 Å². The van der Waals surface area contributed by atoms with Gasteiger partial charge in [-0.1, -0.05) is 73.5 Å². The van der Waals surface area contributed by atoms with Crippen molar-refractivity contribution >= 4 is 6.03 Å². The van der Waals surface area contributed by atoms with Gasteiger partial charge in [0.25, 0.3) is 0 Å². The van der Waals surface area contributed by atoms with E-state index in [0.717, 1.165) is 39.0 Å². The van der Waals surface area contributed by atoms with Gasteiger partial charge in [-0.05, 0) is 42.7 Å². The molecule has 0 aromatic heterocycles. The highest BCUT2D eigenvalue weighted by molar-refractivity contribution is 5.79. The van der Waals surface area contributed by atoms with Crippen LogP contribution in [0.4, 0.5) is 4.79 Å². The van der Waals surface area contributed by atoms with Crippen LogP contribution in [0.2, 0.25) is 0 Å². The molecular formula is C26H33N3O. The number of rotatable bonds is 5. The minimum Gasteiger partial charge on any atom is -0.326 e. The van der Waals surface area contributed by atoms with Gasteiger partial charge in [0, 0.05) is 25.7 Å². The van der Waals surface area contributed by atoms with Crippen molar-refractivity contribution in [3.8, 4) is 0 Å². The summed E-state index contributed by atoms with van der Waals surface area (Å²) in [6, 6.07) is 21.9. The van der Waals surface area contributed by atoms with Crippen molar-refractivity contribution in [2.75, 3.05) is 19.6 Å². The van der Waals surface area contributed by atoms with Gasteiger partial charge in [-0.15, -0.1) is 0 Å². The summed E-state index contributed by atoms with van der Waals surface area (Å²) in [6.45, 7) is 3.95. The van der Waals surface area contributed by atoms with Crippen molar-refractivity contribution in [1.29, 1.82) is 0 Å². The first-order chi connectivity index (χ1) is 14.7. The molecule has 0 spiro atoms. The number of nitrogens with zero attached hydrogens (tertiary/aromatic N) is 2. The monoisotopic (exact) mass is 403 g/mol. The zero-order chi connectivity index (χ0) is 20.4. The predicted molar refractivity (Wildman–Crippen MR) is 120 cm³/mol. The lowest BCUT2D eigenvalue weighted by molar-refractivity contribution is 0.122. The summed E-state index contributed by atoms with van der Waals surface area (Å²) in [6.07, 6.45) is 7.14. The van der Waals surface area contributed by atoms with Crippen LogP contribution < -0.4 is 5.32 Å². The standard InChI is InChI=1S/C26H33N3O/c30-25-27-26(23-13-7-8-14-23,22-11-5-2-6-12-22)20-29(25)24-15-17-28(18-16-24)19-21-9-3-1-4-10-21/h1-6,9-12,23-24H,7-8,13-20H2,(H,27,30). The second kappa shape index (κ2) is 8.43. The molecule has 1 aliphatic carbocycles. The largest absolute Gasteiger partial charge is 0.326 e. The zero-order valence-corrected chi connectivity index (χ0v) is 17.8. The van der Waals surface area contributed by atoms with Gasteiger partial charge in [0.2, 0.25) is 0 Å². The van der Waals surface area contributed by atoms with E-state index in [1.54, 1.807) is 0 Å². The van der Waals surface area contributed by atoms with Crippen molar-refractivity contribution in [2.45, 2.75) is 56.7 Å². The molecule has 4 heteroatoms. The fourth-order valence-corrected chi connectivity index (χ4v) is 5.95. The molecule has 3 aliphatic rings. The van der Waals surface area contributed by atoms with Crippen LogP contribution in [0.15, 0.2) is 60.7 Å². The molecule has 2 aliphatic heterocycles. The minimum atomic E-state index is -0.212. The van der Waals surface area contributed by atoms with Crippen LogP contribution in [-0.4, -0.2) is 41.5 Å². The molecule has 3 fully saturated rings. The fourth-order valence-electron chi connectivity index (χ4n) is 5.95. The Hall–Kier alpha value is -2.33. The van der Waals surface area contributed by atoms with Gasteiger partial charge in [-0.3, -0.25) is 4.90 Å². The van der Waals surface area contributed by atoms with Gasteiger partial charge in [0.05, 0.1) is 12.1 Å². The van der Waals surface area contributed by atoms with Crippen LogP contribution in [0.3, 0.4) is 0 Å². The summed E-state index contributed by atoms with van der Waals surface area (Å²) in [5.41, 5.74) is 2.45. The number of piperidine rings is 1. The SMILES string of the molecule is O=C1NC(c2ccccc2)(C2CCCC2)CN1C1CCN(Cc2ccccc2)CC1. The number of nitrogens with one attached hydrogen (secondary N) is 1. The highest BCUT2D eigenvalue weighted by atomic mass is 16.2. The number of urea groups is 1. The van der Waals surface area contributed by atoms with E-state index in [0.29, 0.717) is 12.0 Å². The summed E-state index contributed by atoms with van der Waals surface area (Å²) >= 11 is 0. The number of amides is 2. The Morgan fingerprint density at radius 2 is 1.50 bits per heavy atom. The van der Waals surface area contributed by atoms with Crippen LogP contribution in [0.1, 0.15) is 49.7 Å². The second-order valence-electron chi connectivity index (χ2n) is 9.37. The Morgan fingerprint density at radius 1 is 0.867 bits per heavy atom. The average Bonchev–Trinajstić information content (AvgIpc) is 3.45. The highest BCUT2D eigenvalue weighted by Crippen LogP contribution is 2.44. The Labute approximate surface area is 180 Å². The Kier molecular flexibility index (Phi) is 5.51. The van der Waals surface area contributed by atoms with E-state index in [-0.39, 0.29) is 11.6 Å². The number of likely N-dealkylation sites (tertiary alicyclic amines) is 1. The van der Waals surface area contributed by atoms with Gasteiger partial charge in [0.1, 0.15) is 0 Å². The molecule has 2 saturated heterocycles. The predicted octanol–water partition coefficient (Wildman–Crippen LogP) is 4.76. The summed E-state index contributed by atoms with van der Waals surface area (Å²) in [5.74, 6) is 0.548. The number of carbonyl (C=O) groups excluding carboxylic acids is 1. The second-order valence-corrected chi connectivity index (χ2v) is 9.37. The summed E-state index contributed by atoms with van der Waals surface area (Å²) < 4.78 is 0. The first kappa shape index (κ1) is 19.6. The van der Waals surface area contributed by atoms with Crippen LogP contribution in [-0.2, 0) is 12.1 Å². The van der Waals surface area contributed by atoms with Gasteiger partial charge >= 0.3 is 6.03 Å². The van der Waals surface area contributed by atoms with Crippen molar-refractivity contribution in [3.63, 3.8) is 0 Å². The molecule has 30 heavy (non-hydrogen) atoms. The summed E-state index contributed by atoms with van der Waals surface area (Å²) in [7, 11) is 0. The molecular weight excluding hydrogens is 370 g/mol. The third kappa shape index (κ3) is 3.74. The molecule has 2 aromatic rings. The van der Waals surface area contributed by atoms with Crippen LogP contribution in [0.5, 0.6) is 0 Å². The van der Waals surface area contributed by atoms with Crippen molar-refractivity contribution in [2.24, 2.45) is 5.92 Å². The lowest BCUT2D eigenvalue weighted by Crippen LogP contribution is -2.47. The molecule has 2 amide bonds. The molecule has 4 nitrogen and oxygen atoms in total. The first-order valence-corrected chi connectivity index (χ1v) is 11.7. The van der Waals surface area contributed by atoms with Gasteiger partial charge in [0.15, 0.2) is 0 Å². The van der Waals surface area contributed by atoms with Crippen LogP contribution in [0, 0.1) is 5.92 Å². The third-order valence-electron chi connectivity index (χ3n) is 7.60. The van der Waals surface area contributed by atoms with E-state index >= 15 is 0 Å². The molecule has 2 heterocycles. The van der Waals surface area contributed by atoms with E-state index in [2.05, 4.69) is 75.8 Å². The number of carbonyl (C=O) groups is 1. The number of benzene rings is 2. The van der Waals surface area contributed by atoms with Crippen molar-refractivity contribution in [1.82, 2.24) is 15.1 Å². The fraction of sp³-hybridized carbons (Fsp3) is 0.500. The van der Waals surface area contributed by atoms with Crippen molar-refractivity contribution in [3.05, 3.63) is 71.8 Å². The van der Waals surface area contributed by atoms with E-state index in [1.807, 2.05) is 0 Å². The van der Waals surface area contributed by atoms with E-state index in [9.17, 15) is 4.79 Å². The van der Waals surface area contributed by atoms with E-state index < -0.39 is 0 Å². The molecule has 0 radical (unpaired) electrons. The molecule has 1 saturated carbocycles. The third-order valence-corrected chi connectivity index (χ3v) is 7.60. The first-order valence-electron chi connectivity index (χ1n) is 11.7. The Bertz CT molecular complexity index is 841. The van der Waals surface area contributed by atoms with Crippen molar-refractivity contribution < 1.29 is 4.79 Å². The number of hydrogen-bond donors (Lipinski definition) is 1. The Morgan fingerprint density at radius 3 is 2.17 bits per heavy atom. The molecule has 1 atom stereocenters. The number of hydrogen-bond acceptors (Lipinski definition) is 2. The molecule has 0 bridgehead atoms. The van der Waals surface area contributed by atoms with Gasteiger partial charge in [-0.2, -0.15) is 0 Å². The molecule has 2 aromatic carbocycles.